The van der Waals surface area contributed by atoms with E-state index in [4.69, 9.17) is 4.74 Å². The van der Waals surface area contributed by atoms with E-state index in [1.807, 2.05) is 0 Å². The summed E-state index contributed by atoms with van der Waals surface area (Å²) in [5.74, 6) is -1.81. The minimum Gasteiger partial charge on any atom is -0.489 e. The lowest BCUT2D eigenvalue weighted by molar-refractivity contribution is -0.144. The first-order valence-corrected chi connectivity index (χ1v) is 11.6. The van der Waals surface area contributed by atoms with Gasteiger partial charge in [0.2, 0.25) is 0 Å². The summed E-state index contributed by atoms with van der Waals surface area (Å²) >= 11 is 0. The van der Waals surface area contributed by atoms with Gasteiger partial charge in [0.15, 0.2) is 0 Å². The fraction of sp³-hybridized carbons (Fsp3) is 0.250. The Morgan fingerprint density at radius 3 is 2.45 bits per heavy atom. The number of aliphatic carboxylic acids is 2. The molecule has 0 fully saturated rings. The molecule has 1 aliphatic rings. The summed E-state index contributed by atoms with van der Waals surface area (Å²) in [5, 5.41) is 23.6. The third kappa shape index (κ3) is 5.06. The Hall–Kier alpha value is -4.34. The van der Waals surface area contributed by atoms with Gasteiger partial charge in [0.25, 0.3) is 0 Å². The van der Waals surface area contributed by atoms with E-state index in [1.165, 1.54) is 19.2 Å². The number of hydrogen-bond acceptors (Lipinski definition) is 4. The Bertz CT molecular complexity index is 1490. The summed E-state index contributed by atoms with van der Waals surface area (Å²) in [6, 6.07) is 12.7. The van der Waals surface area contributed by atoms with Crippen LogP contribution in [0.15, 0.2) is 71.8 Å². The van der Waals surface area contributed by atoms with Crippen molar-refractivity contribution >= 4 is 11.9 Å². The third-order valence-electron chi connectivity index (χ3n) is 6.67. The van der Waals surface area contributed by atoms with E-state index in [0.717, 1.165) is 10.7 Å². The fourth-order valence-electron chi connectivity index (χ4n) is 4.50. The normalized spacial score (nSPS) is 17.5. The van der Waals surface area contributed by atoms with Crippen molar-refractivity contribution in [3.05, 3.63) is 94.2 Å². The van der Waals surface area contributed by atoms with Gasteiger partial charge in [0, 0.05) is 24.6 Å². The molecule has 2 N–H and O–H groups in total. The van der Waals surface area contributed by atoms with Gasteiger partial charge in [-0.2, -0.15) is 18.3 Å². The molecule has 0 aliphatic heterocycles. The number of carboxylic acid groups (broad SMARTS) is 2. The van der Waals surface area contributed by atoms with Gasteiger partial charge in [-0.3, -0.25) is 9.48 Å². The van der Waals surface area contributed by atoms with Crippen molar-refractivity contribution in [1.29, 1.82) is 0 Å². The molecule has 1 aliphatic carbocycles. The van der Waals surface area contributed by atoms with E-state index in [2.05, 4.69) is 5.10 Å². The maximum Gasteiger partial charge on any atom is 0.433 e. The van der Waals surface area contributed by atoms with Crippen LogP contribution in [0.1, 0.15) is 35.7 Å². The zero-order chi connectivity index (χ0) is 27.8. The van der Waals surface area contributed by atoms with Crippen LogP contribution < -0.4 is 4.74 Å². The fourth-order valence-corrected chi connectivity index (χ4v) is 4.50. The highest BCUT2D eigenvalue weighted by Gasteiger charge is 2.42. The van der Waals surface area contributed by atoms with Crippen LogP contribution >= 0.6 is 0 Å². The van der Waals surface area contributed by atoms with Crippen LogP contribution in [0.25, 0.3) is 11.3 Å². The molecule has 1 unspecified atom stereocenters. The number of aryl methyl sites for hydroxylation is 2. The van der Waals surface area contributed by atoms with Crippen molar-refractivity contribution in [2.75, 3.05) is 0 Å². The largest absolute Gasteiger partial charge is 0.489 e. The van der Waals surface area contributed by atoms with Crippen molar-refractivity contribution in [3.8, 4) is 17.0 Å². The van der Waals surface area contributed by atoms with E-state index in [-0.39, 0.29) is 24.3 Å². The van der Waals surface area contributed by atoms with Crippen molar-refractivity contribution in [3.63, 3.8) is 0 Å². The predicted molar refractivity (Wildman–Crippen MR) is 133 cm³/mol. The molecular formula is C28H25F3N2O5. The van der Waals surface area contributed by atoms with Gasteiger partial charge in [-0.25, -0.2) is 4.79 Å². The lowest BCUT2D eigenvalue weighted by atomic mass is 9.71. The molecule has 10 heteroatoms. The van der Waals surface area contributed by atoms with Crippen LogP contribution in [-0.4, -0.2) is 31.9 Å². The monoisotopic (exact) mass is 526 g/mol. The second kappa shape index (κ2) is 9.85. The molecule has 4 rings (SSSR count). The number of hydrogen-bond donors (Lipinski definition) is 2. The van der Waals surface area contributed by atoms with Gasteiger partial charge in [-0.05, 0) is 60.4 Å². The van der Waals surface area contributed by atoms with Crippen LogP contribution in [-0.2, 0) is 34.8 Å². The number of alkyl halides is 3. The van der Waals surface area contributed by atoms with Gasteiger partial charge in [-0.15, -0.1) is 0 Å². The molecule has 1 atom stereocenters. The Kier molecular flexibility index (Phi) is 6.92. The topological polar surface area (TPSA) is 102 Å². The highest BCUT2D eigenvalue weighted by molar-refractivity contribution is 5.93. The van der Waals surface area contributed by atoms with E-state index < -0.39 is 29.2 Å². The summed E-state index contributed by atoms with van der Waals surface area (Å²) in [4.78, 5) is 24.0. The number of allylic oxidation sites excluding steroid dienone is 2. The van der Waals surface area contributed by atoms with Crippen molar-refractivity contribution in [2.24, 2.45) is 7.05 Å². The minimum atomic E-state index is -4.51. The van der Waals surface area contributed by atoms with Crippen LogP contribution in [0.3, 0.4) is 0 Å². The summed E-state index contributed by atoms with van der Waals surface area (Å²) in [6.07, 6.45) is -1.66. The van der Waals surface area contributed by atoms with Crippen LogP contribution in [0.4, 0.5) is 13.2 Å². The number of ether oxygens (including phenoxy) is 1. The molecule has 0 amide bonds. The Morgan fingerprint density at radius 2 is 1.84 bits per heavy atom. The first-order chi connectivity index (χ1) is 17.8. The summed E-state index contributed by atoms with van der Waals surface area (Å²) in [6.45, 7) is 3.49. The molecule has 0 bridgehead atoms. The van der Waals surface area contributed by atoms with Crippen LogP contribution in [0, 0.1) is 6.92 Å². The van der Waals surface area contributed by atoms with E-state index in [1.54, 1.807) is 56.3 Å². The summed E-state index contributed by atoms with van der Waals surface area (Å²) in [5.41, 5.74) is 0.647. The SMILES string of the molecule is CC1=C(C(=O)O)CC(C(=O)O)(c2cccc(COc3ccc(-c4cc(C(F)(F)F)n(C)n4)cc3C)c2)C=C1. The van der Waals surface area contributed by atoms with Crippen molar-refractivity contribution in [1.82, 2.24) is 9.78 Å². The van der Waals surface area contributed by atoms with E-state index >= 15 is 0 Å². The summed E-state index contributed by atoms with van der Waals surface area (Å²) < 4.78 is 46.1. The molecular weight excluding hydrogens is 501 g/mol. The summed E-state index contributed by atoms with van der Waals surface area (Å²) in [7, 11) is 1.24. The molecule has 1 aromatic heterocycles. The number of nitrogens with zero attached hydrogens (tertiary/aromatic N) is 2. The standard InChI is InChI=1S/C28H25F3N2O5/c1-16-9-10-27(26(36)37,14-21(16)25(34)35)20-6-4-5-18(12-20)15-38-23-8-7-19(11-17(23)2)22-13-24(28(29,30)31)33(3)32-22/h4-13H,14-15H2,1-3H3,(H,34,35)(H,36,37). The number of halogens is 3. The van der Waals surface area contributed by atoms with Gasteiger partial charge in [-0.1, -0.05) is 36.4 Å². The molecule has 1 heterocycles. The molecule has 0 saturated heterocycles. The Morgan fingerprint density at radius 1 is 1.11 bits per heavy atom. The second-order valence-corrected chi connectivity index (χ2v) is 9.26. The van der Waals surface area contributed by atoms with E-state index in [0.29, 0.717) is 33.6 Å². The number of rotatable bonds is 7. The quantitative estimate of drug-likeness (QED) is 0.411. The van der Waals surface area contributed by atoms with Gasteiger partial charge >= 0.3 is 18.1 Å². The molecule has 198 valence electrons. The van der Waals surface area contributed by atoms with Crippen LogP contribution in [0.2, 0.25) is 0 Å². The first-order valence-electron chi connectivity index (χ1n) is 11.6. The lowest BCUT2D eigenvalue weighted by Crippen LogP contribution is -2.37. The second-order valence-electron chi connectivity index (χ2n) is 9.26. The first kappa shape index (κ1) is 26.7. The molecule has 3 aromatic rings. The van der Waals surface area contributed by atoms with Crippen LogP contribution in [0.5, 0.6) is 5.75 Å². The van der Waals surface area contributed by atoms with Crippen molar-refractivity contribution in [2.45, 2.75) is 38.5 Å². The lowest BCUT2D eigenvalue weighted by Gasteiger charge is -2.30. The van der Waals surface area contributed by atoms with Gasteiger partial charge in [0.05, 0.1) is 5.69 Å². The number of carbonyl (C=O) groups is 2. The zero-order valence-corrected chi connectivity index (χ0v) is 20.8. The number of aromatic nitrogens is 2. The minimum absolute atomic E-state index is 0.0440. The van der Waals surface area contributed by atoms with E-state index in [9.17, 15) is 33.0 Å². The number of benzene rings is 2. The molecule has 2 aromatic carbocycles. The molecule has 7 nitrogen and oxygen atoms in total. The molecule has 0 spiro atoms. The smallest absolute Gasteiger partial charge is 0.433 e. The van der Waals surface area contributed by atoms with Gasteiger partial charge < -0.3 is 14.9 Å². The van der Waals surface area contributed by atoms with Gasteiger partial charge in [0.1, 0.15) is 23.5 Å². The molecule has 38 heavy (non-hydrogen) atoms. The zero-order valence-electron chi connectivity index (χ0n) is 20.8. The Balaban J connectivity index is 1.55. The third-order valence-corrected chi connectivity index (χ3v) is 6.67. The predicted octanol–water partition coefficient (Wildman–Crippen LogP) is 5.68. The highest BCUT2D eigenvalue weighted by Crippen LogP contribution is 2.39. The van der Waals surface area contributed by atoms with Crippen molar-refractivity contribution < 1.29 is 37.7 Å². The molecule has 0 radical (unpaired) electrons. The average molecular weight is 527 g/mol. The maximum atomic E-state index is 13.1. The average Bonchev–Trinajstić information content (AvgIpc) is 3.26. The highest BCUT2D eigenvalue weighted by atomic mass is 19.4. The molecule has 0 saturated carbocycles. The number of carboxylic acids is 2. The Labute approximate surface area is 216 Å². The maximum absolute atomic E-state index is 13.1.